The topological polar surface area (TPSA) is 49.7 Å². The van der Waals surface area contributed by atoms with Crippen molar-refractivity contribution in [3.63, 3.8) is 0 Å². The summed E-state index contributed by atoms with van der Waals surface area (Å²) in [7, 11) is 0. The van der Waals surface area contributed by atoms with Gasteiger partial charge in [0, 0.05) is 0 Å². The quantitative estimate of drug-likeness (QED) is 0.639. The van der Waals surface area contributed by atoms with Crippen LogP contribution in [0.1, 0.15) is 0 Å². The minimum Gasteiger partial charge on any atom is -0.508 e. The Hall–Kier alpha value is -1.09. The van der Waals surface area contributed by atoms with Gasteiger partial charge in [-0.3, -0.25) is 0 Å². The Morgan fingerprint density at radius 1 is 1.20 bits per heavy atom. The molecule has 0 atom stereocenters. The van der Waals surface area contributed by atoms with Gasteiger partial charge >= 0.3 is 0 Å². The molecule has 3 nitrogen and oxygen atoms in total. The van der Waals surface area contributed by atoms with Crippen molar-refractivity contribution in [2.75, 3.05) is 0 Å². The Balaban J connectivity index is 0.000000810. The summed E-state index contributed by atoms with van der Waals surface area (Å²) in [4.78, 5) is 9.79. The minimum absolute atomic E-state index is 0. The van der Waals surface area contributed by atoms with E-state index in [-0.39, 0.29) is 18.2 Å². The van der Waals surface area contributed by atoms with E-state index in [9.17, 15) is 4.91 Å². The number of hydrogen-bond donors (Lipinski definition) is 1. The lowest BCUT2D eigenvalue weighted by Crippen LogP contribution is -1.61. The van der Waals surface area contributed by atoms with Gasteiger partial charge in [0.2, 0.25) is 0 Å². The number of halogens is 1. The molecule has 0 aromatic heterocycles. The fourth-order valence-corrected chi connectivity index (χ4v) is 0.513. The molecule has 0 amide bonds. The summed E-state index contributed by atoms with van der Waals surface area (Å²) in [5.74, 6) is 0.141. The summed E-state index contributed by atoms with van der Waals surface area (Å²) in [5, 5.41) is 11.4. The molecule has 1 rings (SSSR count). The van der Waals surface area contributed by atoms with E-state index in [1.807, 2.05) is 0 Å². The van der Waals surface area contributed by atoms with Crippen molar-refractivity contribution in [3.8, 4) is 5.75 Å². The van der Waals surface area contributed by atoms with Gasteiger partial charge in [0.15, 0.2) is 0 Å². The molecule has 0 spiro atoms. The largest absolute Gasteiger partial charge is 0.508 e. The molecule has 0 aliphatic rings. The number of benzene rings is 1. The summed E-state index contributed by atoms with van der Waals surface area (Å²) in [5.41, 5.74) is 0.327. The fraction of sp³-hybridized carbons (Fsp3) is 0. The van der Waals surface area contributed by atoms with Crippen LogP contribution in [-0.4, -0.2) is 5.11 Å². The number of hydrogen-bond acceptors (Lipinski definition) is 3. The van der Waals surface area contributed by atoms with Gasteiger partial charge in [-0.2, -0.15) is 0 Å². The van der Waals surface area contributed by atoms with Crippen LogP contribution in [0.15, 0.2) is 29.4 Å². The van der Waals surface area contributed by atoms with Crippen LogP contribution >= 0.6 is 12.4 Å². The molecular formula is C6H6ClNO2. The molecule has 1 aromatic rings. The number of phenols is 1. The SMILES string of the molecule is Cl.O=Nc1ccc(O)cc1. The molecule has 0 bridgehead atoms. The van der Waals surface area contributed by atoms with Crippen molar-refractivity contribution in [2.45, 2.75) is 0 Å². The van der Waals surface area contributed by atoms with Gasteiger partial charge in [-0.25, -0.2) is 0 Å². The van der Waals surface area contributed by atoms with Crippen molar-refractivity contribution in [3.05, 3.63) is 29.2 Å². The molecule has 4 heteroatoms. The van der Waals surface area contributed by atoms with Crippen molar-refractivity contribution in [1.82, 2.24) is 0 Å². The zero-order valence-electron chi connectivity index (χ0n) is 5.02. The molecule has 1 aromatic carbocycles. The molecular weight excluding hydrogens is 154 g/mol. The maximum atomic E-state index is 9.79. The van der Waals surface area contributed by atoms with Gasteiger partial charge < -0.3 is 5.11 Å². The highest BCUT2D eigenvalue weighted by Crippen LogP contribution is 2.15. The van der Waals surface area contributed by atoms with Crippen molar-refractivity contribution in [2.24, 2.45) is 5.18 Å². The molecule has 0 unspecified atom stereocenters. The van der Waals surface area contributed by atoms with E-state index in [2.05, 4.69) is 5.18 Å². The number of nitroso groups, excluding NO2 is 1. The Labute approximate surface area is 64.1 Å². The maximum Gasteiger partial charge on any atom is 0.115 e. The van der Waals surface area contributed by atoms with Gasteiger partial charge in [-0.05, 0) is 29.4 Å². The van der Waals surface area contributed by atoms with Crippen molar-refractivity contribution >= 4 is 18.1 Å². The average Bonchev–Trinajstić information content (AvgIpc) is 1.90. The van der Waals surface area contributed by atoms with Crippen LogP contribution in [0, 0.1) is 4.91 Å². The van der Waals surface area contributed by atoms with Gasteiger partial charge in [0.25, 0.3) is 0 Å². The van der Waals surface area contributed by atoms with E-state index < -0.39 is 0 Å². The highest BCUT2D eigenvalue weighted by molar-refractivity contribution is 5.85. The first-order valence-electron chi connectivity index (χ1n) is 2.45. The highest BCUT2D eigenvalue weighted by Gasteiger charge is 1.88. The molecule has 0 saturated carbocycles. The Morgan fingerprint density at radius 2 is 1.70 bits per heavy atom. The standard InChI is InChI=1S/C6H5NO2.ClH/c8-6-3-1-5(7-9)2-4-6;/h1-4,8H;1H. The smallest absolute Gasteiger partial charge is 0.115 e. The molecule has 54 valence electrons. The van der Waals surface area contributed by atoms with E-state index in [1.165, 1.54) is 24.3 Å². The van der Waals surface area contributed by atoms with Gasteiger partial charge in [-0.15, -0.1) is 17.3 Å². The van der Waals surface area contributed by atoms with Crippen LogP contribution < -0.4 is 0 Å². The van der Waals surface area contributed by atoms with Crippen LogP contribution in [0.4, 0.5) is 5.69 Å². The van der Waals surface area contributed by atoms with Crippen molar-refractivity contribution < 1.29 is 5.11 Å². The Kier molecular flexibility index (Phi) is 3.43. The van der Waals surface area contributed by atoms with E-state index in [1.54, 1.807) is 0 Å². The number of aromatic hydroxyl groups is 1. The van der Waals surface area contributed by atoms with Crippen LogP contribution in [-0.2, 0) is 0 Å². The number of rotatable bonds is 1. The zero-order valence-corrected chi connectivity index (χ0v) is 5.84. The Bertz CT molecular complexity index is 209. The maximum absolute atomic E-state index is 9.79. The van der Waals surface area contributed by atoms with Crippen LogP contribution in [0.5, 0.6) is 5.75 Å². The van der Waals surface area contributed by atoms with E-state index in [0.29, 0.717) is 5.69 Å². The normalized spacial score (nSPS) is 8.00. The van der Waals surface area contributed by atoms with Crippen LogP contribution in [0.25, 0.3) is 0 Å². The zero-order chi connectivity index (χ0) is 6.69. The summed E-state index contributed by atoms with van der Waals surface area (Å²) in [6.45, 7) is 0. The van der Waals surface area contributed by atoms with Gasteiger partial charge in [-0.1, -0.05) is 0 Å². The van der Waals surface area contributed by atoms with Gasteiger partial charge in [0.05, 0.1) is 0 Å². The van der Waals surface area contributed by atoms with Crippen LogP contribution in [0.2, 0.25) is 0 Å². The number of nitrogens with zero attached hydrogens (tertiary/aromatic N) is 1. The van der Waals surface area contributed by atoms with Crippen LogP contribution in [0.3, 0.4) is 0 Å². The first-order valence-corrected chi connectivity index (χ1v) is 2.45. The van der Waals surface area contributed by atoms with E-state index in [4.69, 9.17) is 5.11 Å². The summed E-state index contributed by atoms with van der Waals surface area (Å²) in [6.07, 6.45) is 0. The van der Waals surface area contributed by atoms with E-state index >= 15 is 0 Å². The summed E-state index contributed by atoms with van der Waals surface area (Å²) >= 11 is 0. The lowest BCUT2D eigenvalue weighted by molar-refractivity contribution is 0.475. The van der Waals surface area contributed by atoms with Crippen molar-refractivity contribution in [1.29, 1.82) is 0 Å². The third kappa shape index (κ3) is 2.03. The molecule has 0 saturated heterocycles. The fourth-order valence-electron chi connectivity index (χ4n) is 0.513. The third-order valence-electron chi connectivity index (χ3n) is 0.955. The predicted molar refractivity (Wildman–Crippen MR) is 40.8 cm³/mol. The second kappa shape index (κ2) is 3.85. The third-order valence-corrected chi connectivity index (χ3v) is 0.955. The molecule has 10 heavy (non-hydrogen) atoms. The first kappa shape index (κ1) is 8.91. The monoisotopic (exact) mass is 159 g/mol. The summed E-state index contributed by atoms with van der Waals surface area (Å²) < 4.78 is 0. The van der Waals surface area contributed by atoms with E-state index in [0.717, 1.165) is 0 Å². The second-order valence-electron chi connectivity index (χ2n) is 1.61. The molecule has 0 aliphatic carbocycles. The average molecular weight is 160 g/mol. The molecule has 0 radical (unpaired) electrons. The highest BCUT2D eigenvalue weighted by atomic mass is 35.5. The number of phenolic OH excluding ortho intramolecular Hbond substituents is 1. The molecule has 0 fully saturated rings. The summed E-state index contributed by atoms with van der Waals surface area (Å²) in [6, 6.07) is 5.72. The Morgan fingerprint density at radius 3 is 2.10 bits per heavy atom. The van der Waals surface area contributed by atoms with Gasteiger partial charge in [0.1, 0.15) is 11.4 Å². The molecule has 0 heterocycles. The lowest BCUT2D eigenvalue weighted by Gasteiger charge is -1.87. The predicted octanol–water partition coefficient (Wildman–Crippen LogP) is 2.21. The first-order chi connectivity index (χ1) is 4.33. The lowest BCUT2D eigenvalue weighted by atomic mass is 10.3. The molecule has 1 N–H and O–H groups in total. The minimum atomic E-state index is 0. The molecule has 0 aliphatic heterocycles. The second-order valence-corrected chi connectivity index (χ2v) is 1.61.